The minimum Gasteiger partial charge on any atom is -0.496 e. The zero-order chi connectivity index (χ0) is 25.2. The van der Waals surface area contributed by atoms with Gasteiger partial charge in [-0.1, -0.05) is 18.2 Å². The smallest absolute Gasteiger partial charge is 0.416 e. The molecule has 1 aliphatic rings. The van der Waals surface area contributed by atoms with E-state index in [0.717, 1.165) is 51.9 Å². The minimum atomic E-state index is -4.36. The molecule has 1 unspecified atom stereocenters. The zero-order valence-corrected chi connectivity index (χ0v) is 20.9. The summed E-state index contributed by atoms with van der Waals surface area (Å²) in [4.78, 5) is 20.0. The van der Waals surface area contributed by atoms with E-state index in [1.807, 2.05) is 30.0 Å². The number of aliphatic carboxylic acids is 1. The number of carboxylic acid groups (broad SMARTS) is 1. The van der Waals surface area contributed by atoms with Crippen LogP contribution in [-0.4, -0.2) is 40.7 Å². The van der Waals surface area contributed by atoms with E-state index < -0.39 is 23.8 Å². The second-order valence-corrected chi connectivity index (χ2v) is 10.4. The first kappa shape index (κ1) is 25.5. The maximum absolute atomic E-state index is 12.8. The quantitative estimate of drug-likeness (QED) is 0.342. The van der Waals surface area contributed by atoms with Crippen molar-refractivity contribution in [1.82, 2.24) is 9.88 Å². The number of carboxylic acids is 1. The first-order valence-electron chi connectivity index (χ1n) is 11.1. The van der Waals surface area contributed by atoms with Crippen LogP contribution in [0.25, 0.3) is 10.6 Å². The second kappa shape index (κ2) is 10.6. The number of aromatic nitrogens is 1. The normalized spacial score (nSPS) is 16.5. The molecule has 0 spiro atoms. The molecule has 5 nitrogen and oxygen atoms in total. The van der Waals surface area contributed by atoms with Gasteiger partial charge in [-0.05, 0) is 56.1 Å². The first-order valence-corrected chi connectivity index (χ1v) is 12.9. The Morgan fingerprint density at radius 2 is 2.00 bits per heavy atom. The lowest BCUT2D eigenvalue weighted by atomic mass is 10.1. The third-order valence-corrected chi connectivity index (χ3v) is 8.44. The van der Waals surface area contributed by atoms with Crippen LogP contribution in [0.1, 0.15) is 34.5 Å². The Hall–Kier alpha value is -2.56. The van der Waals surface area contributed by atoms with Crippen LogP contribution in [0.2, 0.25) is 0 Å². The van der Waals surface area contributed by atoms with Crippen LogP contribution in [0.4, 0.5) is 13.2 Å². The van der Waals surface area contributed by atoms with Crippen LogP contribution >= 0.6 is 23.1 Å². The fourth-order valence-corrected chi connectivity index (χ4v) is 6.31. The van der Waals surface area contributed by atoms with Crippen LogP contribution in [0.3, 0.4) is 0 Å². The molecule has 0 amide bonds. The number of benzene rings is 2. The van der Waals surface area contributed by atoms with Crippen LogP contribution in [0, 0.1) is 6.92 Å². The number of nitrogens with zero attached hydrogens (tertiary/aromatic N) is 2. The predicted molar refractivity (Wildman–Crippen MR) is 131 cm³/mol. The van der Waals surface area contributed by atoms with Crippen molar-refractivity contribution in [1.29, 1.82) is 0 Å². The molecule has 35 heavy (non-hydrogen) atoms. The molecule has 0 aliphatic carbocycles. The molecule has 2 heterocycles. The van der Waals surface area contributed by atoms with Gasteiger partial charge in [0.15, 0.2) is 0 Å². The van der Waals surface area contributed by atoms with Gasteiger partial charge in [0.05, 0.1) is 18.4 Å². The highest BCUT2D eigenvalue weighted by atomic mass is 32.2. The molecular formula is C25H25F3N2O3S2. The van der Waals surface area contributed by atoms with Crippen molar-refractivity contribution in [3.05, 3.63) is 64.2 Å². The average Bonchev–Trinajstić information content (AvgIpc) is 3.44. The average molecular weight is 523 g/mol. The largest absolute Gasteiger partial charge is 0.496 e. The van der Waals surface area contributed by atoms with Crippen molar-refractivity contribution >= 4 is 29.1 Å². The van der Waals surface area contributed by atoms with E-state index in [-0.39, 0.29) is 0 Å². The van der Waals surface area contributed by atoms with E-state index in [0.29, 0.717) is 29.3 Å². The Balaban J connectivity index is 1.44. The van der Waals surface area contributed by atoms with Gasteiger partial charge >= 0.3 is 12.1 Å². The van der Waals surface area contributed by atoms with Gasteiger partial charge in [0, 0.05) is 27.6 Å². The third kappa shape index (κ3) is 5.99. The predicted octanol–water partition coefficient (Wildman–Crippen LogP) is 6.49. The number of likely N-dealkylation sites (tertiary alicyclic amines) is 1. The number of ether oxygens (including phenoxy) is 1. The first-order chi connectivity index (χ1) is 16.7. The van der Waals surface area contributed by atoms with Gasteiger partial charge in [-0.15, -0.1) is 23.1 Å². The summed E-state index contributed by atoms with van der Waals surface area (Å²) >= 11 is 3.07. The van der Waals surface area contributed by atoms with E-state index in [4.69, 9.17) is 4.74 Å². The van der Waals surface area contributed by atoms with Crippen LogP contribution < -0.4 is 4.74 Å². The third-order valence-electron chi connectivity index (χ3n) is 5.97. The number of methoxy groups -OCH3 is 1. The highest BCUT2D eigenvalue weighted by Gasteiger charge is 2.31. The molecule has 4 rings (SSSR count). The molecule has 1 aromatic heterocycles. The Morgan fingerprint density at radius 1 is 1.26 bits per heavy atom. The molecule has 1 atom stereocenters. The Labute approximate surface area is 209 Å². The number of hydrogen-bond acceptors (Lipinski definition) is 6. The van der Waals surface area contributed by atoms with Gasteiger partial charge in [-0.25, -0.2) is 4.98 Å². The maximum atomic E-state index is 12.8. The van der Waals surface area contributed by atoms with Crippen LogP contribution in [0.15, 0.2) is 47.4 Å². The lowest BCUT2D eigenvalue weighted by Gasteiger charge is -2.21. The molecule has 2 aromatic carbocycles. The van der Waals surface area contributed by atoms with Crippen molar-refractivity contribution in [2.24, 2.45) is 0 Å². The molecule has 0 bridgehead atoms. The summed E-state index contributed by atoms with van der Waals surface area (Å²) in [5.74, 6) is 0.591. The number of thioether (sulfide) groups is 1. The summed E-state index contributed by atoms with van der Waals surface area (Å²) in [5, 5.41) is 10.1. The van der Waals surface area contributed by atoms with Gasteiger partial charge < -0.3 is 9.84 Å². The highest BCUT2D eigenvalue weighted by Crippen LogP contribution is 2.37. The summed E-state index contributed by atoms with van der Waals surface area (Å²) < 4.78 is 44.1. The summed E-state index contributed by atoms with van der Waals surface area (Å²) in [6.45, 7) is 3.22. The molecule has 186 valence electrons. The topological polar surface area (TPSA) is 62.7 Å². The van der Waals surface area contributed by atoms with Gasteiger partial charge in [0.2, 0.25) is 0 Å². The molecule has 0 radical (unpaired) electrons. The zero-order valence-electron chi connectivity index (χ0n) is 19.3. The van der Waals surface area contributed by atoms with Gasteiger partial charge in [-0.3, -0.25) is 9.69 Å². The molecule has 1 aliphatic heterocycles. The number of carbonyl (C=O) groups is 1. The molecule has 1 fully saturated rings. The van der Waals surface area contributed by atoms with Crippen molar-refractivity contribution in [2.45, 2.75) is 49.2 Å². The molecule has 1 saturated heterocycles. The molecular weight excluding hydrogens is 497 g/mol. The number of halogens is 3. The van der Waals surface area contributed by atoms with Crippen molar-refractivity contribution in [3.8, 4) is 16.3 Å². The van der Waals surface area contributed by atoms with E-state index >= 15 is 0 Å². The molecule has 0 saturated carbocycles. The highest BCUT2D eigenvalue weighted by molar-refractivity contribution is 7.98. The van der Waals surface area contributed by atoms with Crippen LogP contribution in [0.5, 0.6) is 5.75 Å². The van der Waals surface area contributed by atoms with E-state index in [1.165, 1.54) is 23.5 Å². The fraction of sp³-hybridized carbons (Fsp3) is 0.360. The van der Waals surface area contributed by atoms with Crippen LogP contribution in [-0.2, 0) is 23.3 Å². The van der Waals surface area contributed by atoms with Crippen molar-refractivity contribution in [3.63, 3.8) is 0 Å². The SMILES string of the molecule is COc1cc(CN2CCCC2C(=O)O)ccc1SCc1sc(-c2ccc(C(F)(F)F)cc2)nc1C. The summed E-state index contributed by atoms with van der Waals surface area (Å²) in [6, 6.07) is 10.5. The van der Waals surface area contributed by atoms with E-state index in [2.05, 4.69) is 4.98 Å². The number of rotatable bonds is 8. The molecule has 1 N–H and O–H groups in total. The number of hydrogen-bond donors (Lipinski definition) is 1. The van der Waals surface area contributed by atoms with E-state index in [9.17, 15) is 23.1 Å². The lowest BCUT2D eigenvalue weighted by Crippen LogP contribution is -2.35. The second-order valence-electron chi connectivity index (χ2n) is 8.34. The monoisotopic (exact) mass is 522 g/mol. The number of alkyl halides is 3. The maximum Gasteiger partial charge on any atom is 0.416 e. The van der Waals surface area contributed by atoms with Crippen molar-refractivity contribution < 1.29 is 27.8 Å². The van der Waals surface area contributed by atoms with E-state index in [1.54, 1.807) is 18.9 Å². The Bertz CT molecular complexity index is 1200. The summed E-state index contributed by atoms with van der Waals surface area (Å²) in [5.41, 5.74) is 1.83. The number of aryl methyl sites for hydroxylation is 1. The Kier molecular flexibility index (Phi) is 7.73. The molecule has 3 aromatic rings. The molecule has 10 heteroatoms. The van der Waals surface area contributed by atoms with Gasteiger partial charge in [0.25, 0.3) is 0 Å². The summed E-state index contributed by atoms with van der Waals surface area (Å²) in [6.07, 6.45) is -2.81. The standard InChI is InChI=1S/C25H25F3N2O3S2/c1-15-22(35-23(29-15)17-6-8-18(9-7-17)25(26,27)28)14-34-21-10-5-16(12-20(21)33-2)13-30-11-3-4-19(30)24(31)32/h5-10,12,19H,3-4,11,13-14H2,1-2H3,(H,31,32). The fourth-order valence-electron chi connectivity index (χ4n) is 4.09. The Morgan fingerprint density at radius 3 is 2.66 bits per heavy atom. The lowest BCUT2D eigenvalue weighted by molar-refractivity contribution is -0.142. The van der Waals surface area contributed by atoms with Gasteiger partial charge in [0.1, 0.15) is 16.8 Å². The van der Waals surface area contributed by atoms with Crippen molar-refractivity contribution in [2.75, 3.05) is 13.7 Å². The summed E-state index contributed by atoms with van der Waals surface area (Å²) in [7, 11) is 1.61. The van der Waals surface area contributed by atoms with Gasteiger partial charge in [-0.2, -0.15) is 13.2 Å². The minimum absolute atomic E-state index is 0.441. The number of thiazole rings is 1.